The predicted molar refractivity (Wildman–Crippen MR) is 148 cm³/mol. The number of phenols is 1. The number of aliphatic hydroxyl groups is 1. The molecule has 0 radical (unpaired) electrons. The smallest absolute Gasteiger partial charge is 0.279 e. The number of hydrogen-bond donors (Lipinski definition) is 2. The van der Waals surface area contributed by atoms with Crippen LogP contribution in [0.4, 0.5) is 0 Å². The van der Waals surface area contributed by atoms with E-state index < -0.39 is 8.07 Å². The van der Waals surface area contributed by atoms with Crippen LogP contribution in [0.15, 0.2) is 46.0 Å². The minimum Gasteiger partial charge on any atom is -0.506 e. The van der Waals surface area contributed by atoms with Crippen LogP contribution in [0.2, 0.25) is 25.7 Å². The Kier molecular flexibility index (Phi) is 8.09. The van der Waals surface area contributed by atoms with Crippen LogP contribution in [0.5, 0.6) is 5.75 Å². The van der Waals surface area contributed by atoms with Crippen molar-refractivity contribution in [3.63, 3.8) is 0 Å². The molecule has 4 rings (SSSR count). The number of phenolic OH excluding ortho intramolecular Hbond substituents is 1. The summed E-state index contributed by atoms with van der Waals surface area (Å²) in [6.07, 6.45) is 2.32. The van der Waals surface area contributed by atoms with E-state index in [-0.39, 0.29) is 35.9 Å². The number of unbranched alkanes of at least 4 members (excludes halogenated alkanes) is 2. The first-order chi connectivity index (χ1) is 17.2. The Morgan fingerprint density at radius 2 is 1.81 bits per heavy atom. The third kappa shape index (κ3) is 5.62. The van der Waals surface area contributed by atoms with E-state index in [2.05, 4.69) is 24.6 Å². The maximum absolute atomic E-state index is 13.7. The third-order valence-electron chi connectivity index (χ3n) is 6.12. The molecule has 192 valence electrons. The molecule has 0 fully saturated rings. The van der Waals surface area contributed by atoms with Gasteiger partial charge in [-0.2, -0.15) is 0 Å². The topological polar surface area (TPSA) is 107 Å². The van der Waals surface area contributed by atoms with Crippen molar-refractivity contribution in [1.82, 2.24) is 13.5 Å². The van der Waals surface area contributed by atoms with E-state index >= 15 is 0 Å². The number of aromatic hydroxyl groups is 1. The fourth-order valence-electron chi connectivity index (χ4n) is 4.05. The number of aryl methyl sites for hydroxylation is 1. The van der Waals surface area contributed by atoms with Gasteiger partial charge in [-0.25, -0.2) is 4.98 Å². The molecule has 0 unspecified atom stereocenters. The average molecular weight is 528 g/mol. The second kappa shape index (κ2) is 11.1. The molecule has 0 aliphatic carbocycles. The largest absolute Gasteiger partial charge is 0.506 e. The highest BCUT2D eigenvalue weighted by Gasteiger charge is 2.20. The number of ether oxygens (including phenoxy) is 1. The van der Waals surface area contributed by atoms with Crippen molar-refractivity contribution in [2.75, 3.05) is 13.2 Å². The summed E-state index contributed by atoms with van der Waals surface area (Å²) in [7, 11) is -1.29. The van der Waals surface area contributed by atoms with Crippen molar-refractivity contribution in [2.24, 2.45) is 0 Å². The Balaban J connectivity index is 1.79. The van der Waals surface area contributed by atoms with Gasteiger partial charge in [-0.05, 0) is 43.5 Å². The van der Waals surface area contributed by atoms with Gasteiger partial charge in [0.2, 0.25) is 0 Å². The maximum atomic E-state index is 13.7. The van der Waals surface area contributed by atoms with Crippen LogP contribution in [-0.2, 0) is 18.0 Å². The average Bonchev–Trinajstić information content (AvgIpc) is 3.16. The second-order valence-corrected chi connectivity index (χ2v) is 16.8. The fraction of sp³-hybridized carbons (Fsp3) is 0.423. The lowest BCUT2D eigenvalue weighted by Crippen LogP contribution is -2.26. The van der Waals surface area contributed by atoms with Crippen LogP contribution in [0, 0.1) is 0 Å². The summed E-state index contributed by atoms with van der Waals surface area (Å²) < 4.78 is 9.80. The van der Waals surface area contributed by atoms with E-state index in [4.69, 9.17) is 9.84 Å². The van der Waals surface area contributed by atoms with E-state index in [0.717, 1.165) is 18.9 Å². The first-order valence-corrected chi connectivity index (χ1v) is 16.7. The molecule has 0 spiro atoms. The Morgan fingerprint density at radius 1 is 1.03 bits per heavy atom. The van der Waals surface area contributed by atoms with Crippen LogP contribution in [0.1, 0.15) is 19.3 Å². The molecule has 2 N–H and O–H groups in total. The number of aromatic nitrogens is 3. The number of hydrogen-bond acceptors (Lipinski definition) is 7. The summed E-state index contributed by atoms with van der Waals surface area (Å²) in [5, 5.41) is 20.1. The highest BCUT2D eigenvalue weighted by Crippen LogP contribution is 2.30. The van der Waals surface area contributed by atoms with Gasteiger partial charge >= 0.3 is 0 Å². The van der Waals surface area contributed by atoms with Crippen LogP contribution in [0.3, 0.4) is 0 Å². The van der Waals surface area contributed by atoms with Gasteiger partial charge in [0.25, 0.3) is 11.1 Å². The maximum Gasteiger partial charge on any atom is 0.279 e. The standard InChI is InChI=1S/C26H33N3O5SSi/c1-36(2,3)16-15-34-17-28-20-11-8-12-21(31)23(20)27-22(26(28)33)18-9-7-10-19-24(18)35-29(25(19)32)13-5-4-6-14-30/h7-12,30-31H,4-6,13-17H2,1-3H3. The Hall–Kier alpha value is -2.79. The van der Waals surface area contributed by atoms with Gasteiger partial charge in [0, 0.05) is 33.4 Å². The molecule has 36 heavy (non-hydrogen) atoms. The zero-order valence-corrected chi connectivity index (χ0v) is 22.8. The molecule has 8 nitrogen and oxygen atoms in total. The normalized spacial score (nSPS) is 12.1. The van der Waals surface area contributed by atoms with Gasteiger partial charge in [-0.15, -0.1) is 0 Å². The van der Waals surface area contributed by atoms with Crippen LogP contribution in [-0.4, -0.2) is 45.0 Å². The lowest BCUT2D eigenvalue weighted by Gasteiger charge is -2.17. The molecule has 0 saturated heterocycles. The molecule has 2 heterocycles. The van der Waals surface area contributed by atoms with Crippen molar-refractivity contribution in [3.05, 3.63) is 57.1 Å². The van der Waals surface area contributed by atoms with Crippen LogP contribution >= 0.6 is 11.5 Å². The molecule has 0 aliphatic heterocycles. The van der Waals surface area contributed by atoms with Crippen molar-refractivity contribution >= 4 is 40.7 Å². The molecule has 10 heteroatoms. The highest BCUT2D eigenvalue weighted by molar-refractivity contribution is 7.14. The second-order valence-electron chi connectivity index (χ2n) is 10.2. The van der Waals surface area contributed by atoms with E-state index in [1.165, 1.54) is 16.1 Å². The molecule has 0 amide bonds. The summed E-state index contributed by atoms with van der Waals surface area (Å²) in [6.45, 7) is 8.11. The summed E-state index contributed by atoms with van der Waals surface area (Å²) >= 11 is 1.32. The first-order valence-electron chi connectivity index (χ1n) is 12.3. The zero-order chi connectivity index (χ0) is 25.9. The van der Waals surface area contributed by atoms with Crippen LogP contribution < -0.4 is 11.1 Å². The number of fused-ring (bicyclic) bond motifs is 2. The van der Waals surface area contributed by atoms with Gasteiger partial charge < -0.3 is 14.9 Å². The Labute approximate surface area is 214 Å². The van der Waals surface area contributed by atoms with Gasteiger partial charge in [-0.1, -0.05) is 49.4 Å². The van der Waals surface area contributed by atoms with Gasteiger partial charge in [0.05, 0.1) is 15.6 Å². The van der Waals surface area contributed by atoms with Crippen LogP contribution in [0.25, 0.3) is 32.4 Å². The minimum atomic E-state index is -1.29. The SMILES string of the molecule is C[Si](C)(C)CCOCn1c(=O)c(-c2cccc3c(=O)n(CCCCCO)sc23)nc2c(O)cccc21. The fourth-order valence-corrected chi connectivity index (χ4v) is 5.95. The number of benzene rings is 2. The number of rotatable bonds is 11. The molecule has 0 saturated carbocycles. The van der Waals surface area contributed by atoms with E-state index in [1.807, 2.05) is 0 Å². The van der Waals surface area contributed by atoms with Crippen molar-refractivity contribution in [1.29, 1.82) is 0 Å². The molecule has 0 bridgehead atoms. The Bertz CT molecular complexity index is 1490. The summed E-state index contributed by atoms with van der Waals surface area (Å²) in [5.74, 6) is -0.0218. The van der Waals surface area contributed by atoms with E-state index in [0.29, 0.717) is 46.3 Å². The summed E-state index contributed by atoms with van der Waals surface area (Å²) in [5.41, 5.74) is 1.13. The van der Waals surface area contributed by atoms with E-state index in [1.54, 1.807) is 40.4 Å². The third-order valence-corrected chi connectivity index (χ3v) is 9.02. The monoisotopic (exact) mass is 527 g/mol. The number of aliphatic hydroxyl groups excluding tert-OH is 1. The minimum absolute atomic E-state index is 0.0218. The van der Waals surface area contributed by atoms with E-state index in [9.17, 15) is 14.7 Å². The highest BCUT2D eigenvalue weighted by atomic mass is 32.1. The van der Waals surface area contributed by atoms with Gasteiger partial charge in [-0.3, -0.25) is 18.1 Å². The summed E-state index contributed by atoms with van der Waals surface area (Å²) in [4.78, 5) is 31.3. The molecule has 0 atom stereocenters. The zero-order valence-electron chi connectivity index (χ0n) is 21.0. The lowest BCUT2D eigenvalue weighted by atomic mass is 10.1. The molecule has 2 aromatic heterocycles. The molecule has 4 aromatic rings. The molecular formula is C26H33N3O5SSi. The molecular weight excluding hydrogens is 494 g/mol. The summed E-state index contributed by atoms with van der Waals surface area (Å²) in [6, 6.07) is 11.3. The Morgan fingerprint density at radius 3 is 2.56 bits per heavy atom. The predicted octanol–water partition coefficient (Wildman–Crippen LogP) is 4.62. The molecule has 2 aromatic carbocycles. The number of para-hydroxylation sites is 1. The van der Waals surface area contributed by atoms with Gasteiger partial charge in [0.1, 0.15) is 23.7 Å². The molecule has 0 aliphatic rings. The first kappa shape index (κ1) is 26.3. The van der Waals surface area contributed by atoms with Crippen molar-refractivity contribution < 1.29 is 14.9 Å². The number of nitrogens with zero attached hydrogens (tertiary/aromatic N) is 3. The lowest BCUT2D eigenvalue weighted by molar-refractivity contribution is 0.0878. The van der Waals surface area contributed by atoms with Crippen molar-refractivity contribution in [3.8, 4) is 17.0 Å². The van der Waals surface area contributed by atoms with Gasteiger partial charge in [0.15, 0.2) is 0 Å². The quantitative estimate of drug-likeness (QED) is 0.218. The van der Waals surface area contributed by atoms with Crippen molar-refractivity contribution in [2.45, 2.75) is 58.2 Å².